The smallest absolute Gasteiger partial charge is 0.135 e. The van der Waals surface area contributed by atoms with Gasteiger partial charge in [0.05, 0.1) is 0 Å². The SMILES string of the molecule is O=CC1CCCC(C=O)(C=O)C1(C=O)C=O. The third-order valence-electron chi connectivity index (χ3n) is 3.50. The maximum absolute atomic E-state index is 11.1. The fraction of sp³-hybridized carbons (Fsp3) is 0.545. The van der Waals surface area contributed by atoms with Crippen LogP contribution in [-0.2, 0) is 24.0 Å². The molecule has 0 aromatic rings. The van der Waals surface area contributed by atoms with Crippen LogP contribution in [0.4, 0.5) is 0 Å². The van der Waals surface area contributed by atoms with Crippen LogP contribution in [-0.4, -0.2) is 31.4 Å². The number of rotatable bonds is 5. The Morgan fingerprint density at radius 3 is 1.81 bits per heavy atom. The Hall–Kier alpha value is -1.65. The van der Waals surface area contributed by atoms with Gasteiger partial charge >= 0.3 is 0 Å². The predicted molar refractivity (Wildman–Crippen MR) is 52.5 cm³/mol. The number of hydrogen-bond acceptors (Lipinski definition) is 5. The highest BCUT2D eigenvalue weighted by Crippen LogP contribution is 2.48. The standard InChI is InChI=1S/C11H12O5/c12-4-9-2-1-3-10(5-13,6-14)11(9,7-15)8-16/h4-9H,1-3H2. The van der Waals surface area contributed by atoms with Gasteiger partial charge < -0.3 is 24.0 Å². The van der Waals surface area contributed by atoms with E-state index in [9.17, 15) is 24.0 Å². The molecule has 0 radical (unpaired) electrons. The van der Waals surface area contributed by atoms with Gasteiger partial charge in [0.1, 0.15) is 42.3 Å². The zero-order valence-electron chi connectivity index (χ0n) is 8.63. The van der Waals surface area contributed by atoms with Crippen molar-refractivity contribution < 1.29 is 24.0 Å². The van der Waals surface area contributed by atoms with Crippen LogP contribution in [0, 0.1) is 16.7 Å². The monoisotopic (exact) mass is 224 g/mol. The Bertz CT molecular complexity index is 317. The molecule has 1 aliphatic rings. The number of hydrogen-bond donors (Lipinski definition) is 0. The summed E-state index contributed by atoms with van der Waals surface area (Å²) in [5.74, 6) is -0.897. The third kappa shape index (κ3) is 1.35. The van der Waals surface area contributed by atoms with Crippen molar-refractivity contribution in [3.05, 3.63) is 0 Å². The van der Waals surface area contributed by atoms with Gasteiger partial charge in [-0.15, -0.1) is 0 Å². The second-order valence-corrected chi connectivity index (χ2v) is 4.08. The molecule has 5 nitrogen and oxygen atoms in total. The average Bonchev–Trinajstić information content (AvgIpc) is 2.37. The fourth-order valence-electron chi connectivity index (χ4n) is 2.37. The summed E-state index contributed by atoms with van der Waals surface area (Å²) in [6.45, 7) is 0. The summed E-state index contributed by atoms with van der Waals surface area (Å²) in [5.41, 5.74) is -3.50. The summed E-state index contributed by atoms with van der Waals surface area (Å²) in [6, 6.07) is 0. The van der Waals surface area contributed by atoms with Gasteiger partial charge in [0.25, 0.3) is 0 Å². The van der Waals surface area contributed by atoms with Crippen molar-refractivity contribution in [1.29, 1.82) is 0 Å². The fourth-order valence-corrected chi connectivity index (χ4v) is 2.37. The molecule has 1 unspecified atom stereocenters. The van der Waals surface area contributed by atoms with Gasteiger partial charge in [0, 0.05) is 5.92 Å². The minimum absolute atomic E-state index is 0.127. The molecular formula is C11H12O5. The van der Waals surface area contributed by atoms with Crippen LogP contribution < -0.4 is 0 Å². The molecule has 0 heterocycles. The van der Waals surface area contributed by atoms with E-state index in [-0.39, 0.29) is 19.0 Å². The van der Waals surface area contributed by atoms with Gasteiger partial charge in [-0.3, -0.25) is 0 Å². The van der Waals surface area contributed by atoms with Crippen LogP contribution in [0.1, 0.15) is 19.3 Å². The van der Waals surface area contributed by atoms with Crippen LogP contribution in [0.15, 0.2) is 0 Å². The quantitative estimate of drug-likeness (QED) is 0.475. The van der Waals surface area contributed by atoms with Crippen LogP contribution in [0.3, 0.4) is 0 Å². The molecule has 0 aromatic heterocycles. The molecule has 0 saturated heterocycles. The number of aldehydes is 5. The highest BCUT2D eigenvalue weighted by molar-refractivity contribution is 6.02. The lowest BCUT2D eigenvalue weighted by molar-refractivity contribution is -0.157. The maximum atomic E-state index is 11.1. The lowest BCUT2D eigenvalue weighted by atomic mass is 9.54. The lowest BCUT2D eigenvalue weighted by Crippen LogP contribution is -2.55. The van der Waals surface area contributed by atoms with E-state index in [2.05, 4.69) is 0 Å². The minimum Gasteiger partial charge on any atom is -0.303 e. The highest BCUT2D eigenvalue weighted by atomic mass is 16.2. The summed E-state index contributed by atoms with van der Waals surface area (Å²) in [6.07, 6.45) is 2.57. The van der Waals surface area contributed by atoms with E-state index in [4.69, 9.17) is 0 Å². The van der Waals surface area contributed by atoms with E-state index in [0.29, 0.717) is 31.7 Å². The Kier molecular flexibility index (Phi) is 3.47. The van der Waals surface area contributed by atoms with Gasteiger partial charge in [-0.1, -0.05) is 6.42 Å². The molecular weight excluding hydrogens is 212 g/mol. The molecule has 1 rings (SSSR count). The molecule has 0 aromatic carbocycles. The normalized spacial score (nSPS) is 26.4. The van der Waals surface area contributed by atoms with Gasteiger partial charge in [0.15, 0.2) is 0 Å². The molecule has 1 aliphatic carbocycles. The number of carbonyl (C=O) groups is 5. The summed E-state index contributed by atoms with van der Waals surface area (Å²) in [7, 11) is 0. The molecule has 0 N–H and O–H groups in total. The first kappa shape index (κ1) is 12.4. The van der Waals surface area contributed by atoms with E-state index in [0.717, 1.165) is 0 Å². The Labute approximate surface area is 92.2 Å². The second-order valence-electron chi connectivity index (χ2n) is 4.08. The van der Waals surface area contributed by atoms with E-state index < -0.39 is 16.7 Å². The first-order valence-corrected chi connectivity index (χ1v) is 4.97. The van der Waals surface area contributed by atoms with E-state index in [1.54, 1.807) is 0 Å². The summed E-state index contributed by atoms with van der Waals surface area (Å²) >= 11 is 0. The first-order valence-electron chi connectivity index (χ1n) is 4.97. The van der Waals surface area contributed by atoms with Crippen molar-refractivity contribution in [2.24, 2.45) is 16.7 Å². The maximum Gasteiger partial charge on any atom is 0.135 e. The van der Waals surface area contributed by atoms with Crippen molar-refractivity contribution >= 4 is 31.4 Å². The summed E-state index contributed by atoms with van der Waals surface area (Å²) in [4.78, 5) is 55.2. The van der Waals surface area contributed by atoms with Crippen molar-refractivity contribution in [2.75, 3.05) is 0 Å². The van der Waals surface area contributed by atoms with Crippen molar-refractivity contribution in [3.8, 4) is 0 Å². The molecule has 1 fully saturated rings. The molecule has 0 spiro atoms. The molecule has 0 amide bonds. The van der Waals surface area contributed by atoms with E-state index >= 15 is 0 Å². The van der Waals surface area contributed by atoms with E-state index in [1.165, 1.54) is 0 Å². The highest BCUT2D eigenvalue weighted by Gasteiger charge is 2.58. The molecule has 5 heteroatoms. The Balaban J connectivity index is 3.40. The van der Waals surface area contributed by atoms with Crippen molar-refractivity contribution in [2.45, 2.75) is 19.3 Å². The summed E-state index contributed by atoms with van der Waals surface area (Å²) in [5, 5.41) is 0. The van der Waals surface area contributed by atoms with Gasteiger partial charge in [-0.05, 0) is 12.8 Å². The van der Waals surface area contributed by atoms with Gasteiger partial charge in [-0.25, -0.2) is 0 Å². The molecule has 1 saturated carbocycles. The minimum atomic E-state index is -1.82. The van der Waals surface area contributed by atoms with E-state index in [1.807, 2.05) is 0 Å². The van der Waals surface area contributed by atoms with Gasteiger partial charge in [0.2, 0.25) is 0 Å². The van der Waals surface area contributed by atoms with Crippen LogP contribution in [0.2, 0.25) is 0 Å². The third-order valence-corrected chi connectivity index (χ3v) is 3.50. The van der Waals surface area contributed by atoms with Crippen molar-refractivity contribution in [3.63, 3.8) is 0 Å². The van der Waals surface area contributed by atoms with Crippen LogP contribution >= 0.6 is 0 Å². The second kappa shape index (κ2) is 4.47. The average molecular weight is 224 g/mol. The number of carbonyl (C=O) groups excluding carboxylic acids is 5. The molecule has 16 heavy (non-hydrogen) atoms. The largest absolute Gasteiger partial charge is 0.303 e. The predicted octanol–water partition coefficient (Wildman–Crippen LogP) is -0.246. The summed E-state index contributed by atoms with van der Waals surface area (Å²) < 4.78 is 0. The Morgan fingerprint density at radius 1 is 0.875 bits per heavy atom. The van der Waals surface area contributed by atoms with Crippen LogP contribution in [0.5, 0.6) is 0 Å². The van der Waals surface area contributed by atoms with Crippen LogP contribution in [0.25, 0.3) is 0 Å². The lowest BCUT2D eigenvalue weighted by Gasteiger charge is -2.43. The molecule has 1 atom stereocenters. The first-order chi connectivity index (χ1) is 7.66. The molecule has 0 aliphatic heterocycles. The molecule has 0 bridgehead atoms. The Morgan fingerprint density at radius 2 is 1.44 bits per heavy atom. The zero-order chi connectivity index (χ0) is 12.2. The topological polar surface area (TPSA) is 85.3 Å². The van der Waals surface area contributed by atoms with Crippen molar-refractivity contribution in [1.82, 2.24) is 0 Å². The zero-order valence-corrected chi connectivity index (χ0v) is 8.63. The van der Waals surface area contributed by atoms with Gasteiger partial charge in [-0.2, -0.15) is 0 Å². The molecule has 86 valence electrons.